The van der Waals surface area contributed by atoms with Crippen molar-refractivity contribution in [2.45, 2.75) is 37.8 Å². The van der Waals surface area contributed by atoms with Crippen LogP contribution in [0.1, 0.15) is 33.4 Å². The summed E-state index contributed by atoms with van der Waals surface area (Å²) < 4.78 is 5.53. The minimum absolute atomic E-state index is 0.255. The highest BCUT2D eigenvalue weighted by Crippen LogP contribution is 2.18. The average molecular weight is 382 g/mol. The number of piperidine rings is 1. The summed E-state index contributed by atoms with van der Waals surface area (Å²) in [5, 5.41) is 16.4. The molecule has 2 atom stereocenters. The number of thiazole rings is 1. The van der Waals surface area contributed by atoms with E-state index in [1.807, 2.05) is 19.2 Å². The summed E-state index contributed by atoms with van der Waals surface area (Å²) in [6.45, 7) is 4.06. The van der Waals surface area contributed by atoms with Gasteiger partial charge in [-0.15, -0.1) is 11.3 Å². The zero-order valence-electron chi connectivity index (χ0n) is 14.4. The third kappa shape index (κ3) is 4.84. The predicted octanol–water partition coefficient (Wildman–Crippen LogP) is 2.27. The number of rotatable bonds is 6. The molecule has 136 valence electrons. The van der Waals surface area contributed by atoms with Gasteiger partial charge in [0.15, 0.2) is 5.76 Å². The summed E-state index contributed by atoms with van der Waals surface area (Å²) >= 11 is 3.28. The first-order valence-electron chi connectivity index (χ1n) is 8.25. The highest BCUT2D eigenvalue weighted by molar-refractivity contribution is 7.97. The third-order valence-electron chi connectivity index (χ3n) is 4.21. The molecule has 1 fully saturated rings. The molecule has 1 aliphatic heterocycles. The Bertz CT molecular complexity index is 716. The van der Waals surface area contributed by atoms with Gasteiger partial charge in [-0.1, -0.05) is 0 Å². The molecule has 0 bridgehead atoms. The second kappa shape index (κ2) is 8.35. The molecule has 0 radical (unpaired) electrons. The number of aliphatic hydroxyl groups excluding tert-OH is 1. The molecule has 0 aliphatic carbocycles. The minimum Gasteiger partial charge on any atom is -0.455 e. The van der Waals surface area contributed by atoms with Gasteiger partial charge in [0.05, 0.1) is 28.6 Å². The van der Waals surface area contributed by atoms with E-state index >= 15 is 0 Å². The van der Waals surface area contributed by atoms with Gasteiger partial charge < -0.3 is 14.8 Å². The molecule has 1 saturated heterocycles. The van der Waals surface area contributed by atoms with Gasteiger partial charge in [-0.3, -0.25) is 9.69 Å². The van der Waals surface area contributed by atoms with Gasteiger partial charge in [0, 0.05) is 25.0 Å². The lowest BCUT2D eigenvalue weighted by atomic mass is 10.0. The topological polar surface area (TPSA) is 78.6 Å². The lowest BCUT2D eigenvalue weighted by Crippen LogP contribution is -2.53. The van der Waals surface area contributed by atoms with E-state index in [1.165, 1.54) is 0 Å². The summed E-state index contributed by atoms with van der Waals surface area (Å²) in [6.07, 6.45) is 2.09. The maximum absolute atomic E-state index is 12.3. The molecule has 0 unspecified atom stereocenters. The van der Waals surface area contributed by atoms with Gasteiger partial charge >= 0.3 is 0 Å². The van der Waals surface area contributed by atoms with Crippen LogP contribution in [0, 0.1) is 6.92 Å². The van der Waals surface area contributed by atoms with E-state index in [1.54, 1.807) is 29.2 Å². The van der Waals surface area contributed by atoms with Crippen LogP contribution < -0.4 is 5.32 Å². The first kappa shape index (κ1) is 18.4. The van der Waals surface area contributed by atoms with Crippen molar-refractivity contribution in [3.8, 4) is 0 Å². The highest BCUT2D eigenvalue weighted by atomic mass is 32.2. The molecule has 2 N–H and O–H groups in total. The van der Waals surface area contributed by atoms with Crippen molar-refractivity contribution in [2.24, 2.45) is 0 Å². The quantitative estimate of drug-likeness (QED) is 0.799. The monoisotopic (exact) mass is 381 g/mol. The molecule has 8 heteroatoms. The molecule has 6 nitrogen and oxygen atoms in total. The van der Waals surface area contributed by atoms with Crippen LogP contribution in [0.3, 0.4) is 0 Å². The van der Waals surface area contributed by atoms with Crippen molar-refractivity contribution < 1.29 is 14.3 Å². The molecule has 3 heterocycles. The van der Waals surface area contributed by atoms with E-state index in [0.29, 0.717) is 18.7 Å². The number of thioether (sulfide) groups is 1. The van der Waals surface area contributed by atoms with Crippen LogP contribution in [0.25, 0.3) is 0 Å². The molecule has 1 aliphatic rings. The van der Waals surface area contributed by atoms with Gasteiger partial charge in [-0.25, -0.2) is 4.98 Å². The Kier molecular flexibility index (Phi) is 6.16. The molecule has 2 aromatic heterocycles. The van der Waals surface area contributed by atoms with Crippen LogP contribution in [-0.2, 0) is 12.3 Å². The molecule has 0 saturated carbocycles. The Hall–Kier alpha value is -1.35. The van der Waals surface area contributed by atoms with Gasteiger partial charge in [0.2, 0.25) is 0 Å². The zero-order chi connectivity index (χ0) is 17.8. The number of amides is 1. The smallest absolute Gasteiger partial charge is 0.287 e. The standard InChI is InChI=1S/C17H23N3O3S2/c1-11-18-12(9-25-11)7-20-6-5-14(15(21)8-20)19-17(22)16-4-3-13(23-16)10-24-2/h3-4,9,14-15,21H,5-8,10H2,1-2H3,(H,19,22)/t14-,15-/m1/s1. The molecule has 3 rings (SSSR count). The van der Waals surface area contributed by atoms with Crippen molar-refractivity contribution in [3.63, 3.8) is 0 Å². The third-order valence-corrected chi connectivity index (χ3v) is 5.60. The molecule has 0 aromatic carbocycles. The van der Waals surface area contributed by atoms with E-state index in [9.17, 15) is 9.90 Å². The highest BCUT2D eigenvalue weighted by Gasteiger charge is 2.30. The Labute approximate surface area is 155 Å². The Morgan fingerprint density at radius 3 is 3.08 bits per heavy atom. The largest absolute Gasteiger partial charge is 0.455 e. The van der Waals surface area contributed by atoms with Crippen molar-refractivity contribution in [1.82, 2.24) is 15.2 Å². The number of aliphatic hydroxyl groups is 1. The number of nitrogens with zero attached hydrogens (tertiary/aromatic N) is 2. The summed E-state index contributed by atoms with van der Waals surface area (Å²) in [7, 11) is 0. The maximum Gasteiger partial charge on any atom is 0.287 e. The SMILES string of the molecule is CSCc1ccc(C(=O)N[C@@H]2CCN(Cc3csc(C)n3)C[C@H]2O)o1. The minimum atomic E-state index is -0.599. The van der Waals surface area contributed by atoms with E-state index in [0.717, 1.165) is 35.3 Å². The lowest BCUT2D eigenvalue weighted by Gasteiger charge is -2.35. The summed E-state index contributed by atoms with van der Waals surface area (Å²) in [4.78, 5) is 18.9. The van der Waals surface area contributed by atoms with E-state index in [-0.39, 0.29) is 11.9 Å². The number of likely N-dealkylation sites (tertiary alicyclic amines) is 1. The number of carbonyl (C=O) groups excluding carboxylic acids is 1. The number of hydrogen-bond donors (Lipinski definition) is 2. The Morgan fingerprint density at radius 1 is 1.56 bits per heavy atom. The molecular weight excluding hydrogens is 358 g/mol. The Morgan fingerprint density at radius 2 is 2.40 bits per heavy atom. The lowest BCUT2D eigenvalue weighted by molar-refractivity contribution is 0.0339. The van der Waals surface area contributed by atoms with E-state index in [2.05, 4.69) is 20.6 Å². The second-order valence-electron chi connectivity index (χ2n) is 6.23. The second-order valence-corrected chi connectivity index (χ2v) is 8.16. The first-order chi connectivity index (χ1) is 12.0. The number of aromatic nitrogens is 1. The number of β-amino-alcohol motifs (C(OH)–C–C–N with tert-alkyl or cyclic N) is 1. The van der Waals surface area contributed by atoms with E-state index in [4.69, 9.17) is 4.42 Å². The van der Waals surface area contributed by atoms with Crippen molar-refractivity contribution in [1.29, 1.82) is 0 Å². The number of aryl methyl sites for hydroxylation is 1. The fourth-order valence-corrected chi connectivity index (χ4v) is 4.02. The molecular formula is C17H23N3O3S2. The van der Waals surface area contributed by atoms with Gasteiger partial charge in [-0.2, -0.15) is 11.8 Å². The van der Waals surface area contributed by atoms with Gasteiger partial charge in [0.25, 0.3) is 5.91 Å². The fraction of sp³-hybridized carbons (Fsp3) is 0.529. The van der Waals surface area contributed by atoms with Crippen molar-refractivity contribution >= 4 is 29.0 Å². The fourth-order valence-electron chi connectivity index (χ4n) is 2.98. The van der Waals surface area contributed by atoms with Crippen LogP contribution in [0.15, 0.2) is 21.9 Å². The molecule has 0 spiro atoms. The molecule has 1 amide bonds. The van der Waals surface area contributed by atoms with Crippen LogP contribution in [-0.4, -0.2) is 52.4 Å². The summed E-state index contributed by atoms with van der Waals surface area (Å²) in [6, 6.07) is 3.25. The normalized spacial score (nSPS) is 21.4. The number of furan rings is 1. The maximum atomic E-state index is 12.3. The summed E-state index contributed by atoms with van der Waals surface area (Å²) in [5.74, 6) is 1.56. The predicted molar refractivity (Wildman–Crippen MR) is 99.9 cm³/mol. The van der Waals surface area contributed by atoms with Gasteiger partial charge in [-0.05, 0) is 31.7 Å². The molecule has 25 heavy (non-hydrogen) atoms. The average Bonchev–Trinajstić information content (AvgIpc) is 3.20. The van der Waals surface area contributed by atoms with Crippen LogP contribution in [0.4, 0.5) is 0 Å². The van der Waals surface area contributed by atoms with Crippen LogP contribution in [0.2, 0.25) is 0 Å². The van der Waals surface area contributed by atoms with Crippen molar-refractivity contribution in [2.75, 3.05) is 19.3 Å². The zero-order valence-corrected chi connectivity index (χ0v) is 16.0. The van der Waals surface area contributed by atoms with E-state index < -0.39 is 6.10 Å². The molecule has 2 aromatic rings. The van der Waals surface area contributed by atoms with Crippen LogP contribution >= 0.6 is 23.1 Å². The number of carbonyl (C=O) groups is 1. The van der Waals surface area contributed by atoms with Gasteiger partial charge in [0.1, 0.15) is 5.76 Å². The first-order valence-corrected chi connectivity index (χ1v) is 10.5. The van der Waals surface area contributed by atoms with Crippen LogP contribution in [0.5, 0.6) is 0 Å². The summed E-state index contributed by atoms with van der Waals surface area (Å²) in [5.41, 5.74) is 1.04. The number of nitrogens with one attached hydrogen (secondary N) is 1. The van der Waals surface area contributed by atoms with Crippen molar-refractivity contribution in [3.05, 3.63) is 39.7 Å². The Balaban J connectivity index is 1.51. The number of hydrogen-bond acceptors (Lipinski definition) is 7.